The number of benzene rings is 1. The normalized spacial score (nSPS) is 9.62. The first-order chi connectivity index (χ1) is 7.51. The van der Waals surface area contributed by atoms with Crippen molar-refractivity contribution in [2.75, 3.05) is 20.0 Å². The maximum atomic E-state index is 11.2. The summed E-state index contributed by atoms with van der Waals surface area (Å²) in [4.78, 5) is 21.2. The van der Waals surface area contributed by atoms with Crippen LogP contribution in [0, 0.1) is 10.1 Å². The number of anilines is 1. The minimum absolute atomic E-state index is 0.0783. The van der Waals surface area contributed by atoms with Crippen LogP contribution in [0.5, 0.6) is 5.75 Å². The van der Waals surface area contributed by atoms with Gasteiger partial charge in [0.2, 0.25) is 0 Å². The summed E-state index contributed by atoms with van der Waals surface area (Å²) in [7, 11) is 2.45. The molecule has 16 heavy (non-hydrogen) atoms. The Morgan fingerprint density at radius 2 is 2.06 bits per heavy atom. The minimum atomic E-state index is -0.671. The van der Waals surface area contributed by atoms with E-state index in [1.54, 1.807) is 0 Å². The number of rotatable bonds is 3. The van der Waals surface area contributed by atoms with Crippen LogP contribution in [0.4, 0.5) is 11.4 Å². The highest BCUT2D eigenvalue weighted by Gasteiger charge is 2.22. The van der Waals surface area contributed by atoms with Crippen LogP contribution in [0.15, 0.2) is 12.1 Å². The Balaban J connectivity index is 3.37. The van der Waals surface area contributed by atoms with Crippen molar-refractivity contribution in [1.29, 1.82) is 0 Å². The number of hydrogen-bond donors (Lipinski definition) is 1. The summed E-state index contributed by atoms with van der Waals surface area (Å²) in [6.45, 7) is 0. The Hall–Kier alpha value is -2.31. The summed E-state index contributed by atoms with van der Waals surface area (Å²) in [5, 5.41) is 10.7. The molecule has 0 aliphatic heterocycles. The molecule has 0 aliphatic carbocycles. The molecule has 7 heteroatoms. The third kappa shape index (κ3) is 2.02. The molecule has 1 aromatic rings. The molecule has 0 amide bonds. The van der Waals surface area contributed by atoms with Crippen molar-refractivity contribution in [2.24, 2.45) is 0 Å². The van der Waals surface area contributed by atoms with Crippen molar-refractivity contribution in [3.05, 3.63) is 27.8 Å². The van der Waals surface area contributed by atoms with Crippen LogP contribution in [-0.4, -0.2) is 25.1 Å². The molecular weight excluding hydrogens is 216 g/mol. The molecule has 0 unspecified atom stereocenters. The van der Waals surface area contributed by atoms with Crippen molar-refractivity contribution in [3.63, 3.8) is 0 Å². The van der Waals surface area contributed by atoms with Gasteiger partial charge in [0.05, 0.1) is 24.7 Å². The Morgan fingerprint density at radius 3 is 2.50 bits per heavy atom. The van der Waals surface area contributed by atoms with E-state index in [0.717, 1.165) is 0 Å². The highest BCUT2D eigenvalue weighted by atomic mass is 16.6. The van der Waals surface area contributed by atoms with Gasteiger partial charge in [-0.25, -0.2) is 4.79 Å². The topological polar surface area (TPSA) is 105 Å². The number of nitrogen functional groups attached to an aromatic ring is 1. The molecule has 0 saturated heterocycles. The van der Waals surface area contributed by atoms with Crippen LogP contribution < -0.4 is 10.5 Å². The first-order valence-corrected chi connectivity index (χ1v) is 4.21. The molecule has 0 aromatic heterocycles. The third-order valence-electron chi connectivity index (χ3n) is 1.93. The summed E-state index contributed by atoms with van der Waals surface area (Å²) >= 11 is 0. The lowest BCUT2D eigenvalue weighted by atomic mass is 10.1. The first-order valence-electron chi connectivity index (χ1n) is 4.21. The predicted octanol–water partition coefficient (Wildman–Crippen LogP) is 0.972. The number of nitrogens with two attached hydrogens (primary N) is 1. The van der Waals surface area contributed by atoms with E-state index in [1.807, 2.05) is 0 Å². The largest absolute Gasteiger partial charge is 0.490 e. The van der Waals surface area contributed by atoms with Gasteiger partial charge in [-0.15, -0.1) is 0 Å². The minimum Gasteiger partial charge on any atom is -0.490 e. The maximum Gasteiger partial charge on any atom is 0.338 e. The fraction of sp³-hybridized carbons (Fsp3) is 0.222. The second kappa shape index (κ2) is 4.47. The summed E-state index contributed by atoms with van der Waals surface area (Å²) in [5.41, 5.74) is 5.05. The molecule has 0 aliphatic rings. The van der Waals surface area contributed by atoms with Crippen LogP contribution in [-0.2, 0) is 4.74 Å². The number of ether oxygens (including phenoxy) is 2. The first kappa shape index (κ1) is 11.8. The van der Waals surface area contributed by atoms with Gasteiger partial charge < -0.3 is 15.2 Å². The molecule has 0 saturated carbocycles. The van der Waals surface area contributed by atoms with Gasteiger partial charge in [-0.2, -0.15) is 0 Å². The van der Waals surface area contributed by atoms with Gasteiger partial charge in [-0.05, 0) is 6.07 Å². The number of nitro benzene ring substituents is 1. The fourth-order valence-corrected chi connectivity index (χ4v) is 1.22. The number of hydrogen-bond acceptors (Lipinski definition) is 6. The molecule has 0 spiro atoms. The summed E-state index contributed by atoms with van der Waals surface area (Å²) in [6.07, 6.45) is 0. The molecule has 0 atom stereocenters. The van der Waals surface area contributed by atoms with Crippen LogP contribution in [0.3, 0.4) is 0 Å². The molecule has 0 heterocycles. The molecule has 0 radical (unpaired) electrons. The van der Waals surface area contributed by atoms with Gasteiger partial charge in [0.1, 0.15) is 5.69 Å². The molecule has 0 bridgehead atoms. The van der Waals surface area contributed by atoms with Crippen LogP contribution in [0.25, 0.3) is 0 Å². The Kier molecular flexibility index (Phi) is 3.29. The summed E-state index contributed by atoms with van der Waals surface area (Å²) in [5.74, 6) is -0.717. The van der Waals surface area contributed by atoms with Gasteiger partial charge in [-0.1, -0.05) is 0 Å². The molecule has 86 valence electrons. The van der Waals surface area contributed by atoms with E-state index in [9.17, 15) is 14.9 Å². The molecule has 1 rings (SSSR count). The Labute approximate surface area is 90.9 Å². The van der Waals surface area contributed by atoms with Crippen molar-refractivity contribution in [2.45, 2.75) is 0 Å². The van der Waals surface area contributed by atoms with E-state index in [4.69, 9.17) is 10.5 Å². The summed E-state index contributed by atoms with van der Waals surface area (Å²) in [6, 6.07) is 2.38. The molecular formula is C9H10N2O5. The summed E-state index contributed by atoms with van der Waals surface area (Å²) < 4.78 is 9.26. The monoisotopic (exact) mass is 226 g/mol. The van der Waals surface area contributed by atoms with Gasteiger partial charge in [0, 0.05) is 6.07 Å². The quantitative estimate of drug-likeness (QED) is 0.356. The van der Waals surface area contributed by atoms with E-state index in [0.29, 0.717) is 0 Å². The number of carbonyl (C=O) groups excluding carboxylic acids is 1. The van der Waals surface area contributed by atoms with Crippen molar-refractivity contribution in [1.82, 2.24) is 0 Å². The highest BCUT2D eigenvalue weighted by molar-refractivity contribution is 5.92. The Bertz CT molecular complexity index is 444. The fourth-order valence-electron chi connectivity index (χ4n) is 1.22. The lowest BCUT2D eigenvalue weighted by Gasteiger charge is -2.06. The number of carbonyl (C=O) groups is 1. The standard InChI is InChI=1S/C9H10N2O5/c1-15-7-4-5(9(12)16-2)3-6(10)8(7)11(13)14/h3-4H,10H2,1-2H3. The maximum absolute atomic E-state index is 11.2. The van der Waals surface area contributed by atoms with Crippen LogP contribution in [0.1, 0.15) is 10.4 Å². The Morgan fingerprint density at radius 1 is 1.44 bits per heavy atom. The van der Waals surface area contributed by atoms with E-state index >= 15 is 0 Å². The molecule has 0 fully saturated rings. The van der Waals surface area contributed by atoms with E-state index in [-0.39, 0.29) is 22.7 Å². The SMILES string of the molecule is COC(=O)c1cc(N)c([N+](=O)[O-])c(OC)c1. The van der Waals surface area contributed by atoms with Crippen molar-refractivity contribution >= 4 is 17.3 Å². The number of nitrogens with zero attached hydrogens (tertiary/aromatic N) is 1. The van der Waals surface area contributed by atoms with Gasteiger partial charge >= 0.3 is 11.7 Å². The van der Waals surface area contributed by atoms with E-state index < -0.39 is 10.9 Å². The van der Waals surface area contributed by atoms with Crippen LogP contribution >= 0.6 is 0 Å². The van der Waals surface area contributed by atoms with Crippen molar-refractivity contribution in [3.8, 4) is 5.75 Å². The van der Waals surface area contributed by atoms with Crippen molar-refractivity contribution < 1.29 is 19.2 Å². The zero-order valence-electron chi connectivity index (χ0n) is 8.72. The number of methoxy groups -OCH3 is 2. The smallest absolute Gasteiger partial charge is 0.338 e. The van der Waals surface area contributed by atoms with Crippen LogP contribution in [0.2, 0.25) is 0 Å². The highest BCUT2D eigenvalue weighted by Crippen LogP contribution is 2.34. The molecule has 7 nitrogen and oxygen atoms in total. The van der Waals surface area contributed by atoms with E-state index in [2.05, 4.69) is 4.74 Å². The van der Waals surface area contributed by atoms with Gasteiger partial charge in [0.15, 0.2) is 5.75 Å². The second-order valence-corrected chi connectivity index (χ2v) is 2.87. The number of nitro groups is 1. The third-order valence-corrected chi connectivity index (χ3v) is 1.93. The number of esters is 1. The molecule has 2 N–H and O–H groups in total. The van der Waals surface area contributed by atoms with Gasteiger partial charge in [-0.3, -0.25) is 10.1 Å². The lowest BCUT2D eigenvalue weighted by molar-refractivity contribution is -0.384. The van der Waals surface area contributed by atoms with Gasteiger partial charge in [0.25, 0.3) is 0 Å². The average molecular weight is 226 g/mol. The lowest BCUT2D eigenvalue weighted by Crippen LogP contribution is -2.05. The predicted molar refractivity (Wildman–Crippen MR) is 55.4 cm³/mol. The zero-order valence-corrected chi connectivity index (χ0v) is 8.72. The molecule has 1 aromatic carbocycles. The van der Waals surface area contributed by atoms with E-state index in [1.165, 1.54) is 26.4 Å². The second-order valence-electron chi connectivity index (χ2n) is 2.87. The average Bonchev–Trinajstić information content (AvgIpc) is 2.26. The zero-order chi connectivity index (χ0) is 12.3.